The summed E-state index contributed by atoms with van der Waals surface area (Å²) in [5.74, 6) is 0.665. The van der Waals surface area contributed by atoms with E-state index in [1.807, 2.05) is 0 Å². The predicted octanol–water partition coefficient (Wildman–Crippen LogP) is -1.64. The number of hydrogen-bond acceptors (Lipinski definition) is 1. The van der Waals surface area contributed by atoms with Gasteiger partial charge in [-0.1, -0.05) is 0 Å². The molecule has 0 heterocycles. The maximum Gasteiger partial charge on any atom is -1.00 e. The third-order valence-electron chi connectivity index (χ3n) is 3.76. The molecule has 4 heteroatoms. The molecule has 1 N–H and O–H groups in total. The Morgan fingerprint density at radius 2 is 1.53 bits per heavy atom. The van der Waals surface area contributed by atoms with Gasteiger partial charge in [-0.3, -0.25) is 0 Å². The molecule has 0 bridgehead atoms. The van der Waals surface area contributed by atoms with Gasteiger partial charge in [-0.15, -0.1) is 0 Å². The van der Waals surface area contributed by atoms with Crippen LogP contribution in [0.15, 0.2) is 50.3 Å². The number of nitrogens with one attached hydrogen (secondary N) is 1. The summed E-state index contributed by atoms with van der Waals surface area (Å²) in [5.41, 5.74) is 5.90. The fourth-order valence-corrected chi connectivity index (χ4v) is 5.31. The van der Waals surface area contributed by atoms with E-state index in [0.717, 1.165) is 0 Å². The van der Waals surface area contributed by atoms with E-state index in [9.17, 15) is 0 Å². The van der Waals surface area contributed by atoms with Crippen LogP contribution in [0.5, 0.6) is 0 Å². The van der Waals surface area contributed by atoms with E-state index < -0.39 is 23.5 Å². The molecule has 19 heavy (non-hydrogen) atoms. The van der Waals surface area contributed by atoms with E-state index in [1.165, 1.54) is 11.3 Å². The van der Waals surface area contributed by atoms with Gasteiger partial charge in [-0.2, -0.15) is 0 Å². The van der Waals surface area contributed by atoms with Crippen LogP contribution in [0.25, 0.3) is 0 Å². The second kappa shape index (κ2) is 8.29. The molecule has 1 aliphatic rings. The Morgan fingerprint density at radius 3 is 2.00 bits per heavy atom. The Balaban J connectivity index is 0.00000162. The van der Waals surface area contributed by atoms with Crippen LogP contribution >= 0.6 is 0 Å². The maximum absolute atomic E-state index is 3.67. The van der Waals surface area contributed by atoms with Gasteiger partial charge >= 0.3 is 116 Å². The van der Waals surface area contributed by atoms with Crippen LogP contribution in [0.2, 0.25) is 0 Å². The van der Waals surface area contributed by atoms with E-state index in [-0.39, 0.29) is 24.8 Å². The smallest absolute Gasteiger partial charge is 1.00 e. The van der Waals surface area contributed by atoms with Crippen LogP contribution in [0.4, 0.5) is 5.69 Å². The summed E-state index contributed by atoms with van der Waals surface area (Å²) >= 11 is -0.679. The Kier molecular flexibility index (Phi) is 8.28. The van der Waals surface area contributed by atoms with Gasteiger partial charge in [0.15, 0.2) is 0 Å². The summed E-state index contributed by atoms with van der Waals surface area (Å²) in [6.07, 6.45) is 0. The van der Waals surface area contributed by atoms with Crippen LogP contribution in [0, 0.1) is 5.92 Å². The van der Waals surface area contributed by atoms with Crippen molar-refractivity contribution in [3.05, 3.63) is 50.3 Å². The molecule has 2 rings (SSSR count). The van der Waals surface area contributed by atoms with E-state index in [0.29, 0.717) is 5.92 Å². The third-order valence-corrected chi connectivity index (χ3v) is 7.42. The molecule has 0 saturated carbocycles. The monoisotopic (exact) mass is 373 g/mol. The van der Waals surface area contributed by atoms with E-state index >= 15 is 0 Å². The fraction of sp³-hybridized carbons (Fsp3) is 0.333. The van der Waals surface area contributed by atoms with Crippen molar-refractivity contribution in [2.45, 2.75) is 27.7 Å². The summed E-state index contributed by atoms with van der Waals surface area (Å²) in [7, 11) is 0. The van der Waals surface area contributed by atoms with Gasteiger partial charge < -0.3 is 24.8 Å². The van der Waals surface area contributed by atoms with Gasteiger partial charge in [0.1, 0.15) is 0 Å². The van der Waals surface area contributed by atoms with Gasteiger partial charge in [0.05, 0.1) is 0 Å². The van der Waals surface area contributed by atoms with Crippen molar-refractivity contribution < 1.29 is 48.3 Å². The molecule has 1 aliphatic carbocycles. The first-order valence-corrected chi connectivity index (χ1v) is 8.52. The molecule has 0 radical (unpaired) electrons. The quantitative estimate of drug-likeness (QED) is 0.669. The van der Waals surface area contributed by atoms with E-state index in [1.54, 1.807) is 14.4 Å². The number of benzene rings is 1. The average molecular weight is 375 g/mol. The van der Waals surface area contributed by atoms with Crippen LogP contribution in [-0.2, 0) is 23.5 Å². The first-order chi connectivity index (χ1) is 8.11. The number of halogens is 2. The minimum Gasteiger partial charge on any atom is -1.00 e. The van der Waals surface area contributed by atoms with Gasteiger partial charge in [0, 0.05) is 0 Å². The molecule has 0 fully saturated rings. The summed E-state index contributed by atoms with van der Waals surface area (Å²) in [5, 5.41) is 0. The second-order valence-corrected chi connectivity index (χ2v) is 7.24. The fourth-order valence-electron chi connectivity index (χ4n) is 2.23. The molecule has 0 aliphatic heterocycles. The number of para-hydroxylation sites is 1. The van der Waals surface area contributed by atoms with Crippen molar-refractivity contribution in [1.82, 2.24) is 0 Å². The van der Waals surface area contributed by atoms with Crippen molar-refractivity contribution in [3.63, 3.8) is 0 Å². The average Bonchev–Trinajstić information content (AvgIpc) is 2.54. The molecule has 0 aromatic heterocycles. The van der Waals surface area contributed by atoms with Crippen LogP contribution in [-0.4, -0.2) is 0 Å². The molecule has 1 atom stereocenters. The standard InChI is InChI=1S/C9H13.C6H6N.2ClH.Zr/c1-6-5-7(2)9(4)8(6)3;7-6-4-2-1-3-5-6;;;/h6H,1-4H3;1-5,7H;2*1H;/q;-1;;;+3/p-2. The molecule has 0 spiro atoms. The molecule has 1 nitrogen and oxygen atoms in total. The number of allylic oxidation sites excluding steroid dienone is 4. The summed E-state index contributed by atoms with van der Waals surface area (Å²) < 4.78 is 5.38. The molecular formula is C15H19Cl2NZr. The van der Waals surface area contributed by atoms with Crippen LogP contribution < -0.4 is 28.1 Å². The van der Waals surface area contributed by atoms with E-state index in [2.05, 4.69) is 61.3 Å². The normalized spacial score (nSPS) is 17.6. The van der Waals surface area contributed by atoms with Gasteiger partial charge in [-0.05, 0) is 0 Å². The van der Waals surface area contributed by atoms with Crippen molar-refractivity contribution in [2.24, 2.45) is 5.92 Å². The summed E-state index contributed by atoms with van der Waals surface area (Å²) in [6.45, 7) is 9.16. The van der Waals surface area contributed by atoms with Crippen molar-refractivity contribution in [2.75, 3.05) is 3.26 Å². The predicted molar refractivity (Wildman–Crippen MR) is 70.3 cm³/mol. The van der Waals surface area contributed by atoms with Crippen LogP contribution in [0.3, 0.4) is 0 Å². The minimum absolute atomic E-state index is 0. The number of anilines is 1. The zero-order chi connectivity index (χ0) is 12.4. The van der Waals surface area contributed by atoms with Gasteiger partial charge in [-0.25, -0.2) is 0 Å². The number of rotatable bonds is 3. The number of hydrogen-bond donors (Lipinski definition) is 1. The van der Waals surface area contributed by atoms with Crippen molar-refractivity contribution in [1.29, 1.82) is 0 Å². The van der Waals surface area contributed by atoms with Crippen molar-refractivity contribution >= 4 is 5.69 Å². The molecule has 102 valence electrons. The topological polar surface area (TPSA) is 12.0 Å². The largest absolute Gasteiger partial charge is 1.00 e. The Morgan fingerprint density at radius 1 is 0.947 bits per heavy atom. The first kappa shape index (κ1) is 19.0. The maximum atomic E-state index is 3.67. The Hall–Kier alpha value is -0.0369. The van der Waals surface area contributed by atoms with Gasteiger partial charge in [0.2, 0.25) is 0 Å². The molecular weight excluding hydrogens is 356 g/mol. The minimum atomic E-state index is -0.679. The zero-order valence-electron chi connectivity index (χ0n) is 11.7. The molecule has 0 saturated heterocycles. The summed E-state index contributed by atoms with van der Waals surface area (Å²) in [4.78, 5) is 0. The Bertz CT molecular complexity index is 480. The van der Waals surface area contributed by atoms with Gasteiger partial charge in [0.25, 0.3) is 0 Å². The zero-order valence-corrected chi connectivity index (χ0v) is 15.7. The Labute approximate surface area is 140 Å². The van der Waals surface area contributed by atoms with E-state index in [4.69, 9.17) is 0 Å². The third kappa shape index (κ3) is 4.21. The molecule has 1 unspecified atom stereocenters. The SMILES string of the molecule is CC1=C(C)C(C)[C]([Zr+2][NH]c2ccccc2)=C1C.[Cl-].[Cl-]. The summed E-state index contributed by atoms with van der Waals surface area (Å²) in [6, 6.07) is 10.6. The molecule has 1 aromatic rings. The van der Waals surface area contributed by atoms with Crippen molar-refractivity contribution in [3.8, 4) is 0 Å². The molecule has 1 aromatic carbocycles. The second-order valence-electron chi connectivity index (χ2n) is 4.68. The van der Waals surface area contributed by atoms with Crippen LogP contribution in [0.1, 0.15) is 27.7 Å². The molecule has 0 amide bonds. The first-order valence-electron chi connectivity index (χ1n) is 6.07.